The molecule has 0 aliphatic carbocycles. The lowest BCUT2D eigenvalue weighted by molar-refractivity contribution is -0.0110. The lowest BCUT2D eigenvalue weighted by Crippen LogP contribution is -2.22. The van der Waals surface area contributed by atoms with Crippen molar-refractivity contribution in [3.8, 4) is 0 Å². The quantitative estimate of drug-likeness (QED) is 0.442. The normalized spacial score (nSPS) is 17.5. The maximum atomic E-state index is 8.63. The first-order chi connectivity index (χ1) is 3.80. The first kappa shape index (κ1) is 5.37. The summed E-state index contributed by atoms with van der Waals surface area (Å²) in [5.74, 6) is 0. The Balaban J connectivity index is 2.45. The summed E-state index contributed by atoms with van der Waals surface area (Å²) in [7, 11) is 1.48. The van der Waals surface area contributed by atoms with Gasteiger partial charge >= 0.3 is 6.02 Å². The van der Waals surface area contributed by atoms with Crippen LogP contribution in [0.2, 0.25) is 0 Å². The Kier molecular flexibility index (Phi) is 1.34. The average Bonchev–Trinajstić information content (AvgIpc) is 2.12. The number of aliphatic imine (C=N–C) groups is 1. The first-order valence-electron chi connectivity index (χ1n) is 2.40. The summed E-state index contributed by atoms with van der Waals surface area (Å²) in [6.45, 7) is 1.24. The zero-order valence-electron chi connectivity index (χ0n) is 4.66. The van der Waals surface area contributed by atoms with Crippen LogP contribution in [-0.4, -0.2) is 36.5 Å². The van der Waals surface area contributed by atoms with Gasteiger partial charge < -0.3 is 4.74 Å². The lowest BCUT2D eigenvalue weighted by Gasteiger charge is -2.06. The van der Waals surface area contributed by atoms with Gasteiger partial charge in [0, 0.05) is 7.05 Å². The molecule has 0 unspecified atom stereocenters. The molecule has 1 rings (SSSR count). The first-order valence-corrected chi connectivity index (χ1v) is 2.40. The molecule has 1 aliphatic rings. The monoisotopic (exact) mass is 116 g/mol. The van der Waals surface area contributed by atoms with Crippen LogP contribution in [0.1, 0.15) is 0 Å². The third kappa shape index (κ3) is 0.894. The van der Waals surface area contributed by atoms with E-state index >= 15 is 0 Å². The Hall–Kier alpha value is -0.770. The molecule has 1 heterocycles. The Labute approximate surface area is 47.3 Å². The van der Waals surface area contributed by atoms with Gasteiger partial charge in [-0.15, -0.1) is 0 Å². The van der Waals surface area contributed by atoms with E-state index in [0.29, 0.717) is 19.2 Å². The van der Waals surface area contributed by atoms with Crippen LogP contribution in [0, 0.1) is 0 Å². The van der Waals surface area contributed by atoms with E-state index in [1.807, 2.05) is 0 Å². The highest BCUT2D eigenvalue weighted by Crippen LogP contribution is 1.94. The van der Waals surface area contributed by atoms with Crippen LogP contribution in [0.25, 0.3) is 0 Å². The second-order valence-electron chi connectivity index (χ2n) is 1.54. The largest absolute Gasteiger partial charge is 0.462 e. The van der Waals surface area contributed by atoms with Crippen LogP contribution in [-0.2, 0) is 4.74 Å². The molecule has 1 N–H and O–H groups in total. The molecule has 0 radical (unpaired) electrons. The van der Waals surface area contributed by atoms with Crippen LogP contribution < -0.4 is 0 Å². The Morgan fingerprint density at radius 3 is 2.88 bits per heavy atom. The van der Waals surface area contributed by atoms with Gasteiger partial charge in [-0.2, -0.15) is 0 Å². The summed E-state index contributed by atoms with van der Waals surface area (Å²) >= 11 is 0. The predicted octanol–water partition coefficient (Wildman–Crippen LogP) is -0.306. The maximum Gasteiger partial charge on any atom is 0.311 e. The molecule has 0 atom stereocenters. The molecule has 0 aromatic rings. The van der Waals surface area contributed by atoms with Crippen molar-refractivity contribution >= 4 is 6.02 Å². The summed E-state index contributed by atoms with van der Waals surface area (Å²) in [5, 5.41) is 9.50. The molecule has 0 saturated heterocycles. The molecule has 0 bridgehead atoms. The summed E-state index contributed by atoms with van der Waals surface area (Å²) in [5.41, 5.74) is 0. The van der Waals surface area contributed by atoms with Gasteiger partial charge in [-0.25, -0.2) is 10.1 Å². The van der Waals surface area contributed by atoms with E-state index in [0.717, 1.165) is 5.06 Å². The van der Waals surface area contributed by atoms with E-state index in [1.165, 1.54) is 7.05 Å². The van der Waals surface area contributed by atoms with E-state index in [2.05, 4.69) is 4.99 Å². The fraction of sp³-hybridized carbons (Fsp3) is 0.750. The zero-order chi connectivity index (χ0) is 5.98. The average molecular weight is 116 g/mol. The number of nitrogens with zero attached hydrogens (tertiary/aromatic N) is 2. The standard InChI is InChI=1S/C4H8N2O2/c1-6(7)4-5-2-3-8-4/h7H,2-3H2,1H3. The van der Waals surface area contributed by atoms with Gasteiger partial charge in [0.15, 0.2) is 0 Å². The molecule has 0 aromatic heterocycles. The number of amidine groups is 1. The second-order valence-corrected chi connectivity index (χ2v) is 1.54. The molecule has 1 aliphatic heterocycles. The van der Waals surface area contributed by atoms with Crippen LogP contribution >= 0.6 is 0 Å². The van der Waals surface area contributed by atoms with E-state index in [9.17, 15) is 0 Å². The lowest BCUT2D eigenvalue weighted by atomic mass is 10.8. The summed E-state index contributed by atoms with van der Waals surface area (Å²) < 4.78 is 4.84. The van der Waals surface area contributed by atoms with E-state index in [1.54, 1.807) is 0 Å². The molecule has 0 amide bonds. The van der Waals surface area contributed by atoms with E-state index in [-0.39, 0.29) is 0 Å². The van der Waals surface area contributed by atoms with Gasteiger partial charge in [0.1, 0.15) is 6.61 Å². The smallest absolute Gasteiger partial charge is 0.311 e. The van der Waals surface area contributed by atoms with Crippen molar-refractivity contribution in [3.63, 3.8) is 0 Å². The third-order valence-corrected chi connectivity index (χ3v) is 0.846. The molecular weight excluding hydrogens is 108 g/mol. The van der Waals surface area contributed by atoms with Crippen molar-refractivity contribution in [2.24, 2.45) is 4.99 Å². The maximum absolute atomic E-state index is 8.63. The Morgan fingerprint density at radius 2 is 2.62 bits per heavy atom. The van der Waals surface area contributed by atoms with Crippen molar-refractivity contribution in [1.82, 2.24) is 5.06 Å². The zero-order valence-corrected chi connectivity index (χ0v) is 4.66. The molecule has 0 fully saturated rings. The molecule has 8 heavy (non-hydrogen) atoms. The molecule has 0 aromatic carbocycles. The fourth-order valence-corrected chi connectivity index (χ4v) is 0.520. The minimum Gasteiger partial charge on any atom is -0.462 e. The Morgan fingerprint density at radius 1 is 1.88 bits per heavy atom. The van der Waals surface area contributed by atoms with Crippen LogP contribution in [0.3, 0.4) is 0 Å². The summed E-state index contributed by atoms with van der Waals surface area (Å²) in [4.78, 5) is 3.81. The fourth-order valence-electron chi connectivity index (χ4n) is 0.520. The number of rotatable bonds is 0. The minimum atomic E-state index is 0.310. The van der Waals surface area contributed by atoms with E-state index in [4.69, 9.17) is 9.94 Å². The number of ether oxygens (including phenoxy) is 1. The van der Waals surface area contributed by atoms with Crippen molar-refractivity contribution < 1.29 is 9.94 Å². The Bertz CT molecular complexity index is 111. The number of hydroxylamine groups is 2. The van der Waals surface area contributed by atoms with Gasteiger partial charge in [-0.05, 0) is 0 Å². The molecule has 4 heteroatoms. The molecule has 0 saturated carbocycles. The molecular formula is C4H8N2O2. The van der Waals surface area contributed by atoms with Gasteiger partial charge in [-0.1, -0.05) is 0 Å². The van der Waals surface area contributed by atoms with Gasteiger partial charge in [0.25, 0.3) is 0 Å². The summed E-state index contributed by atoms with van der Waals surface area (Å²) in [6.07, 6.45) is 0. The van der Waals surface area contributed by atoms with Gasteiger partial charge in [0.05, 0.1) is 6.54 Å². The predicted molar refractivity (Wildman–Crippen MR) is 27.8 cm³/mol. The van der Waals surface area contributed by atoms with Crippen molar-refractivity contribution in [3.05, 3.63) is 0 Å². The third-order valence-electron chi connectivity index (χ3n) is 0.846. The second kappa shape index (κ2) is 2.00. The van der Waals surface area contributed by atoms with Gasteiger partial charge in [0.2, 0.25) is 0 Å². The van der Waals surface area contributed by atoms with Crippen molar-refractivity contribution in [2.45, 2.75) is 0 Å². The van der Waals surface area contributed by atoms with E-state index < -0.39 is 0 Å². The molecule has 4 nitrogen and oxygen atoms in total. The van der Waals surface area contributed by atoms with Crippen LogP contribution in [0.4, 0.5) is 0 Å². The highest BCUT2D eigenvalue weighted by Gasteiger charge is 2.08. The van der Waals surface area contributed by atoms with Gasteiger partial charge in [-0.3, -0.25) is 5.21 Å². The number of hydrogen-bond donors (Lipinski definition) is 1. The number of hydrogen-bond acceptors (Lipinski definition) is 4. The SMILES string of the molecule is CN(O)C1=NCCO1. The van der Waals surface area contributed by atoms with Crippen molar-refractivity contribution in [1.29, 1.82) is 0 Å². The minimum absolute atomic E-state index is 0.310. The highest BCUT2D eigenvalue weighted by atomic mass is 16.6. The molecule has 46 valence electrons. The van der Waals surface area contributed by atoms with Crippen LogP contribution in [0.15, 0.2) is 4.99 Å². The van der Waals surface area contributed by atoms with Crippen molar-refractivity contribution in [2.75, 3.05) is 20.2 Å². The summed E-state index contributed by atoms with van der Waals surface area (Å²) in [6, 6.07) is 0.310. The van der Waals surface area contributed by atoms with Crippen LogP contribution in [0.5, 0.6) is 0 Å². The highest BCUT2D eigenvalue weighted by molar-refractivity contribution is 5.73. The molecule has 0 spiro atoms. The topological polar surface area (TPSA) is 45.1 Å².